The van der Waals surface area contributed by atoms with Crippen molar-refractivity contribution in [2.24, 2.45) is 0 Å². The first-order valence-corrected chi connectivity index (χ1v) is 7.01. The van der Waals surface area contributed by atoms with Gasteiger partial charge >= 0.3 is 0 Å². The largest absolute Gasteiger partial charge is 0.492 e. The topological polar surface area (TPSA) is 38.3 Å². The highest BCUT2D eigenvalue weighted by molar-refractivity contribution is 6.30. The van der Waals surface area contributed by atoms with Crippen LogP contribution in [0.15, 0.2) is 60.7 Å². The van der Waals surface area contributed by atoms with Crippen molar-refractivity contribution in [1.29, 1.82) is 0 Å². The normalized spacial score (nSPS) is 10.5. The molecule has 0 spiro atoms. The average Bonchev–Trinajstić information content (AvgIpc) is 2.51. The Kier molecular flexibility index (Phi) is 5.85. The summed E-state index contributed by atoms with van der Waals surface area (Å²) in [5.41, 5.74) is 0.887. The highest BCUT2D eigenvalue weighted by atomic mass is 35.5. The van der Waals surface area contributed by atoms with Crippen LogP contribution in [0, 0.1) is 0 Å². The highest BCUT2D eigenvalue weighted by Crippen LogP contribution is 2.11. The number of carbonyl (C=O) groups excluding carboxylic acids is 1. The lowest BCUT2D eigenvalue weighted by molar-refractivity contribution is -0.116. The van der Waals surface area contributed by atoms with Crippen LogP contribution >= 0.6 is 11.6 Å². The van der Waals surface area contributed by atoms with Crippen molar-refractivity contribution in [2.45, 2.75) is 0 Å². The zero-order valence-corrected chi connectivity index (χ0v) is 12.2. The summed E-state index contributed by atoms with van der Waals surface area (Å²) >= 11 is 5.87. The van der Waals surface area contributed by atoms with E-state index in [1.165, 1.54) is 6.08 Å². The van der Waals surface area contributed by atoms with Crippen LogP contribution < -0.4 is 10.1 Å². The van der Waals surface area contributed by atoms with Gasteiger partial charge in [0.25, 0.3) is 0 Å². The van der Waals surface area contributed by atoms with Crippen molar-refractivity contribution >= 4 is 23.6 Å². The fraction of sp³-hybridized carbons (Fsp3) is 0.118. The zero-order valence-electron chi connectivity index (χ0n) is 11.5. The van der Waals surface area contributed by atoms with E-state index in [0.29, 0.717) is 18.2 Å². The summed E-state index contributed by atoms with van der Waals surface area (Å²) in [6.45, 7) is 0.883. The van der Waals surface area contributed by atoms with Crippen molar-refractivity contribution in [2.75, 3.05) is 13.2 Å². The van der Waals surface area contributed by atoms with Gasteiger partial charge in [-0.1, -0.05) is 41.9 Å². The fourth-order valence-electron chi connectivity index (χ4n) is 1.70. The van der Waals surface area contributed by atoms with Crippen molar-refractivity contribution in [3.8, 4) is 5.75 Å². The minimum atomic E-state index is -0.161. The Hall–Kier alpha value is -2.26. The van der Waals surface area contributed by atoms with Gasteiger partial charge in [-0.3, -0.25) is 4.79 Å². The van der Waals surface area contributed by atoms with Gasteiger partial charge in [0.15, 0.2) is 0 Å². The van der Waals surface area contributed by atoms with Gasteiger partial charge in [-0.05, 0) is 35.9 Å². The zero-order chi connectivity index (χ0) is 14.9. The maximum absolute atomic E-state index is 11.6. The molecule has 0 saturated heterocycles. The Balaban J connectivity index is 1.70. The molecule has 0 radical (unpaired) electrons. The van der Waals surface area contributed by atoms with Crippen LogP contribution in [-0.4, -0.2) is 19.1 Å². The Morgan fingerprint density at radius 3 is 2.71 bits per heavy atom. The molecule has 0 aliphatic rings. The molecule has 0 fully saturated rings. The molecule has 3 nitrogen and oxygen atoms in total. The molecular formula is C17H16ClNO2. The number of carbonyl (C=O) groups is 1. The average molecular weight is 302 g/mol. The van der Waals surface area contributed by atoms with E-state index < -0.39 is 0 Å². The molecule has 0 bridgehead atoms. The second-order valence-corrected chi connectivity index (χ2v) is 4.78. The molecule has 2 rings (SSSR count). The van der Waals surface area contributed by atoms with Crippen LogP contribution in [0.3, 0.4) is 0 Å². The lowest BCUT2D eigenvalue weighted by Gasteiger charge is -2.06. The minimum Gasteiger partial charge on any atom is -0.492 e. The first-order chi connectivity index (χ1) is 10.2. The van der Waals surface area contributed by atoms with Crippen LogP contribution in [0.2, 0.25) is 5.02 Å². The molecule has 2 aromatic rings. The van der Waals surface area contributed by atoms with E-state index in [2.05, 4.69) is 5.32 Å². The Morgan fingerprint density at radius 1 is 1.14 bits per heavy atom. The Labute approximate surface area is 129 Å². The fourth-order valence-corrected chi connectivity index (χ4v) is 1.90. The summed E-state index contributed by atoms with van der Waals surface area (Å²) in [6.07, 6.45) is 3.20. The summed E-state index contributed by atoms with van der Waals surface area (Å²) in [6, 6.07) is 16.8. The second-order valence-electron chi connectivity index (χ2n) is 4.34. The lowest BCUT2D eigenvalue weighted by Crippen LogP contribution is -2.26. The molecule has 0 aromatic heterocycles. The number of amides is 1. The van der Waals surface area contributed by atoms with E-state index in [0.717, 1.165) is 11.3 Å². The molecule has 2 aromatic carbocycles. The number of nitrogens with one attached hydrogen (secondary N) is 1. The SMILES string of the molecule is O=C(/C=C/c1cccc(Cl)c1)NCCOc1ccccc1. The molecule has 0 heterocycles. The Bertz CT molecular complexity index is 611. The molecule has 0 aliphatic heterocycles. The summed E-state index contributed by atoms with van der Waals surface area (Å²) in [5.74, 6) is 0.632. The van der Waals surface area contributed by atoms with Crippen molar-refractivity contribution in [1.82, 2.24) is 5.32 Å². The molecule has 0 aliphatic carbocycles. The molecule has 1 N–H and O–H groups in total. The maximum atomic E-state index is 11.6. The second kappa shape index (κ2) is 8.12. The number of benzene rings is 2. The smallest absolute Gasteiger partial charge is 0.244 e. The highest BCUT2D eigenvalue weighted by Gasteiger charge is 1.96. The minimum absolute atomic E-state index is 0.161. The predicted molar refractivity (Wildman–Crippen MR) is 85.4 cm³/mol. The van der Waals surface area contributed by atoms with Crippen LogP contribution in [0.4, 0.5) is 0 Å². The van der Waals surface area contributed by atoms with Crippen molar-refractivity contribution < 1.29 is 9.53 Å². The summed E-state index contributed by atoms with van der Waals surface area (Å²) in [5, 5.41) is 3.40. The molecule has 0 saturated carbocycles. The Morgan fingerprint density at radius 2 is 1.95 bits per heavy atom. The molecule has 108 valence electrons. The first kappa shape index (κ1) is 15.1. The third kappa shape index (κ3) is 5.71. The monoisotopic (exact) mass is 301 g/mol. The lowest BCUT2D eigenvalue weighted by atomic mass is 10.2. The van der Waals surface area contributed by atoms with Crippen LogP contribution in [0.1, 0.15) is 5.56 Å². The number of hydrogen-bond acceptors (Lipinski definition) is 2. The van der Waals surface area contributed by atoms with Gasteiger partial charge in [-0.25, -0.2) is 0 Å². The van der Waals surface area contributed by atoms with E-state index in [9.17, 15) is 4.79 Å². The van der Waals surface area contributed by atoms with Crippen molar-refractivity contribution in [3.63, 3.8) is 0 Å². The molecule has 0 unspecified atom stereocenters. The summed E-state index contributed by atoms with van der Waals surface area (Å²) < 4.78 is 5.48. The van der Waals surface area contributed by atoms with E-state index in [-0.39, 0.29) is 5.91 Å². The quantitative estimate of drug-likeness (QED) is 0.654. The van der Waals surface area contributed by atoms with Crippen LogP contribution in [0.5, 0.6) is 5.75 Å². The third-order valence-electron chi connectivity index (χ3n) is 2.69. The predicted octanol–water partition coefficient (Wildman–Crippen LogP) is 3.55. The maximum Gasteiger partial charge on any atom is 0.244 e. The van der Waals surface area contributed by atoms with Gasteiger partial charge in [-0.15, -0.1) is 0 Å². The van der Waals surface area contributed by atoms with Gasteiger partial charge in [0, 0.05) is 11.1 Å². The van der Waals surface area contributed by atoms with Gasteiger partial charge < -0.3 is 10.1 Å². The number of halogens is 1. The number of hydrogen-bond donors (Lipinski definition) is 1. The molecule has 21 heavy (non-hydrogen) atoms. The van der Waals surface area contributed by atoms with E-state index >= 15 is 0 Å². The summed E-state index contributed by atoms with van der Waals surface area (Å²) in [7, 11) is 0. The molecular weight excluding hydrogens is 286 g/mol. The number of para-hydroxylation sites is 1. The summed E-state index contributed by atoms with van der Waals surface area (Å²) in [4.78, 5) is 11.6. The van der Waals surface area contributed by atoms with E-state index in [1.807, 2.05) is 42.5 Å². The van der Waals surface area contributed by atoms with Crippen LogP contribution in [-0.2, 0) is 4.79 Å². The first-order valence-electron chi connectivity index (χ1n) is 6.63. The standard InChI is InChI=1S/C17H16ClNO2/c18-15-6-4-5-14(13-15)9-10-17(20)19-11-12-21-16-7-2-1-3-8-16/h1-10,13H,11-12H2,(H,19,20)/b10-9+. The van der Waals surface area contributed by atoms with Gasteiger partial charge in [-0.2, -0.15) is 0 Å². The van der Waals surface area contributed by atoms with Gasteiger partial charge in [0.2, 0.25) is 5.91 Å². The van der Waals surface area contributed by atoms with Crippen LogP contribution in [0.25, 0.3) is 6.08 Å². The third-order valence-corrected chi connectivity index (χ3v) is 2.92. The number of rotatable bonds is 6. The molecule has 0 atom stereocenters. The molecule has 1 amide bonds. The van der Waals surface area contributed by atoms with Gasteiger partial charge in [0.1, 0.15) is 12.4 Å². The molecule has 4 heteroatoms. The number of ether oxygens (including phenoxy) is 1. The van der Waals surface area contributed by atoms with E-state index in [1.54, 1.807) is 18.2 Å². The van der Waals surface area contributed by atoms with Crippen molar-refractivity contribution in [3.05, 3.63) is 71.3 Å². The van der Waals surface area contributed by atoms with Gasteiger partial charge in [0.05, 0.1) is 6.54 Å². The van der Waals surface area contributed by atoms with E-state index in [4.69, 9.17) is 16.3 Å².